The number of hydrogen-bond donors (Lipinski definition) is 1. The van der Waals surface area contributed by atoms with Gasteiger partial charge in [0.2, 0.25) is 10.0 Å². The molecule has 0 radical (unpaired) electrons. The van der Waals surface area contributed by atoms with E-state index in [0.717, 1.165) is 50.1 Å². The molecule has 1 amide bonds. The van der Waals surface area contributed by atoms with Crippen molar-refractivity contribution in [2.45, 2.75) is 37.4 Å². The van der Waals surface area contributed by atoms with E-state index in [1.54, 1.807) is 0 Å². The Balaban J connectivity index is 1.38. The molecule has 1 aromatic heterocycles. The molecule has 0 bridgehead atoms. The van der Waals surface area contributed by atoms with Crippen molar-refractivity contribution in [1.29, 1.82) is 0 Å². The molecule has 0 atom stereocenters. The summed E-state index contributed by atoms with van der Waals surface area (Å²) >= 11 is 1.47. The van der Waals surface area contributed by atoms with Crippen LogP contribution in [0.4, 0.5) is 0 Å². The number of amides is 1. The van der Waals surface area contributed by atoms with Gasteiger partial charge in [0.05, 0.1) is 10.1 Å². The number of piperazine rings is 1. The third-order valence-corrected chi connectivity index (χ3v) is 7.93. The average molecular weight is 386 g/mol. The van der Waals surface area contributed by atoms with Gasteiger partial charge in [0.25, 0.3) is 5.91 Å². The minimum atomic E-state index is -3.18. The van der Waals surface area contributed by atoms with Crippen LogP contribution >= 0.6 is 11.3 Å². The van der Waals surface area contributed by atoms with Gasteiger partial charge in [-0.2, -0.15) is 0 Å². The third-order valence-electron chi connectivity index (χ3n) is 5.11. The normalized spacial score (nSPS) is 20.7. The molecule has 1 N–H and O–H groups in total. The molecule has 3 rings (SSSR count). The van der Waals surface area contributed by atoms with Crippen molar-refractivity contribution >= 4 is 27.3 Å². The zero-order chi connectivity index (χ0) is 17.7. The van der Waals surface area contributed by atoms with Gasteiger partial charge in [0.15, 0.2) is 0 Å². The van der Waals surface area contributed by atoms with Crippen LogP contribution in [-0.4, -0.2) is 68.6 Å². The van der Waals surface area contributed by atoms with Crippen molar-refractivity contribution in [3.63, 3.8) is 0 Å². The number of carbonyl (C=O) groups excluding carboxylic acids is 1. The summed E-state index contributed by atoms with van der Waals surface area (Å²) in [6.07, 6.45) is 4.77. The maximum Gasteiger partial charge on any atom is 0.264 e. The SMILES string of the molecule is O=C(c1cccs1)N1CCN(CCNS(=O)(=O)C2CCCCC2)CC1. The first-order chi connectivity index (χ1) is 12.1. The molecule has 140 valence electrons. The number of thiophene rings is 1. The molecule has 1 aliphatic carbocycles. The highest BCUT2D eigenvalue weighted by molar-refractivity contribution is 7.90. The molecular weight excluding hydrogens is 358 g/mol. The Morgan fingerprint density at radius 3 is 2.52 bits per heavy atom. The largest absolute Gasteiger partial charge is 0.335 e. The van der Waals surface area contributed by atoms with Crippen molar-refractivity contribution < 1.29 is 13.2 Å². The lowest BCUT2D eigenvalue weighted by molar-refractivity contribution is 0.0645. The average Bonchev–Trinajstić information content (AvgIpc) is 3.17. The first-order valence-electron chi connectivity index (χ1n) is 9.10. The molecule has 1 aromatic rings. The second kappa shape index (κ2) is 8.62. The van der Waals surface area contributed by atoms with Crippen LogP contribution in [-0.2, 0) is 10.0 Å². The lowest BCUT2D eigenvalue weighted by atomic mass is 10.0. The van der Waals surface area contributed by atoms with Crippen LogP contribution in [0.2, 0.25) is 0 Å². The standard InChI is InChI=1S/C17H27N3O3S2/c21-17(16-7-4-14-24-16)20-12-10-19(11-13-20)9-8-18-25(22,23)15-5-2-1-3-6-15/h4,7,14-15,18H,1-3,5-6,8-13H2. The zero-order valence-corrected chi connectivity index (χ0v) is 16.2. The Hall–Kier alpha value is -0.960. The number of nitrogens with one attached hydrogen (secondary N) is 1. The highest BCUT2D eigenvalue weighted by atomic mass is 32.2. The molecule has 1 aliphatic heterocycles. The smallest absolute Gasteiger partial charge is 0.264 e. The summed E-state index contributed by atoms with van der Waals surface area (Å²) in [5, 5.41) is 1.71. The molecule has 2 fully saturated rings. The van der Waals surface area contributed by atoms with Gasteiger partial charge < -0.3 is 4.90 Å². The van der Waals surface area contributed by atoms with Crippen LogP contribution in [0.15, 0.2) is 17.5 Å². The Morgan fingerprint density at radius 1 is 1.16 bits per heavy atom. The second-order valence-electron chi connectivity index (χ2n) is 6.81. The fourth-order valence-corrected chi connectivity index (χ4v) is 5.83. The Labute approximate surface area is 154 Å². The van der Waals surface area contributed by atoms with Gasteiger partial charge in [0.1, 0.15) is 0 Å². The predicted octanol–water partition coefficient (Wildman–Crippen LogP) is 1.76. The Bertz CT molecular complexity index is 647. The molecule has 8 heteroatoms. The lowest BCUT2D eigenvalue weighted by Crippen LogP contribution is -2.50. The fraction of sp³-hybridized carbons (Fsp3) is 0.706. The van der Waals surface area contributed by atoms with Crippen molar-refractivity contribution in [2.24, 2.45) is 0 Å². The Morgan fingerprint density at radius 2 is 1.88 bits per heavy atom. The van der Waals surface area contributed by atoms with Crippen LogP contribution in [0.1, 0.15) is 41.8 Å². The van der Waals surface area contributed by atoms with Crippen molar-refractivity contribution in [3.8, 4) is 0 Å². The van der Waals surface area contributed by atoms with Crippen LogP contribution < -0.4 is 4.72 Å². The number of nitrogens with zero attached hydrogens (tertiary/aromatic N) is 2. The van der Waals surface area contributed by atoms with Crippen LogP contribution in [0, 0.1) is 0 Å². The maximum absolute atomic E-state index is 12.3. The molecule has 25 heavy (non-hydrogen) atoms. The topological polar surface area (TPSA) is 69.7 Å². The van der Waals surface area contributed by atoms with E-state index in [2.05, 4.69) is 9.62 Å². The summed E-state index contributed by atoms with van der Waals surface area (Å²) in [4.78, 5) is 17.2. The third kappa shape index (κ3) is 5.03. The summed E-state index contributed by atoms with van der Waals surface area (Å²) < 4.78 is 27.4. The van der Waals surface area contributed by atoms with Gasteiger partial charge in [-0.15, -0.1) is 11.3 Å². The zero-order valence-electron chi connectivity index (χ0n) is 14.5. The quantitative estimate of drug-likeness (QED) is 0.810. The van der Waals surface area contributed by atoms with E-state index in [4.69, 9.17) is 0 Å². The van der Waals surface area contributed by atoms with E-state index < -0.39 is 10.0 Å². The second-order valence-corrected chi connectivity index (χ2v) is 9.80. The van der Waals surface area contributed by atoms with E-state index in [1.807, 2.05) is 22.4 Å². The van der Waals surface area contributed by atoms with Gasteiger partial charge in [-0.3, -0.25) is 9.69 Å². The number of rotatable bonds is 6. The highest BCUT2D eigenvalue weighted by Gasteiger charge is 2.27. The fourth-order valence-electron chi connectivity index (χ4n) is 3.57. The summed E-state index contributed by atoms with van der Waals surface area (Å²) in [5.41, 5.74) is 0. The van der Waals surface area contributed by atoms with Gasteiger partial charge >= 0.3 is 0 Å². The molecule has 0 aromatic carbocycles. The molecule has 6 nitrogen and oxygen atoms in total. The van der Waals surface area contributed by atoms with Crippen molar-refractivity contribution in [2.75, 3.05) is 39.3 Å². The molecule has 1 saturated heterocycles. The molecule has 0 unspecified atom stereocenters. The van der Waals surface area contributed by atoms with Crippen molar-refractivity contribution in [1.82, 2.24) is 14.5 Å². The number of carbonyl (C=O) groups is 1. The van der Waals surface area contributed by atoms with Gasteiger partial charge in [-0.25, -0.2) is 13.1 Å². The van der Waals surface area contributed by atoms with E-state index in [9.17, 15) is 13.2 Å². The van der Waals surface area contributed by atoms with Gasteiger partial charge in [-0.05, 0) is 24.3 Å². The minimum Gasteiger partial charge on any atom is -0.335 e. The Kier molecular flexibility index (Phi) is 6.49. The van der Waals surface area contributed by atoms with E-state index >= 15 is 0 Å². The van der Waals surface area contributed by atoms with Gasteiger partial charge in [0, 0.05) is 39.3 Å². The summed E-state index contributed by atoms with van der Waals surface area (Å²) in [7, 11) is -3.18. The molecule has 0 spiro atoms. The molecule has 1 saturated carbocycles. The van der Waals surface area contributed by atoms with E-state index in [0.29, 0.717) is 26.2 Å². The monoisotopic (exact) mass is 385 g/mol. The highest BCUT2D eigenvalue weighted by Crippen LogP contribution is 2.22. The van der Waals surface area contributed by atoms with Gasteiger partial charge in [-0.1, -0.05) is 25.3 Å². The summed E-state index contributed by atoms with van der Waals surface area (Å²) in [5.74, 6) is 0.104. The predicted molar refractivity (Wildman–Crippen MR) is 100 cm³/mol. The summed E-state index contributed by atoms with van der Waals surface area (Å²) in [6, 6.07) is 3.76. The van der Waals surface area contributed by atoms with Crippen molar-refractivity contribution in [3.05, 3.63) is 22.4 Å². The molecule has 2 heterocycles. The van der Waals surface area contributed by atoms with E-state index in [1.165, 1.54) is 11.3 Å². The maximum atomic E-state index is 12.3. The van der Waals surface area contributed by atoms with E-state index in [-0.39, 0.29) is 11.2 Å². The first kappa shape index (κ1) is 18.8. The van der Waals surface area contributed by atoms with Crippen LogP contribution in [0.3, 0.4) is 0 Å². The molecular formula is C17H27N3O3S2. The summed E-state index contributed by atoms with van der Waals surface area (Å²) in [6.45, 7) is 4.15. The van der Waals surface area contributed by atoms with Crippen LogP contribution in [0.5, 0.6) is 0 Å². The minimum absolute atomic E-state index is 0.104. The lowest BCUT2D eigenvalue weighted by Gasteiger charge is -2.34. The number of hydrogen-bond acceptors (Lipinski definition) is 5. The number of sulfonamides is 1. The molecule has 2 aliphatic rings. The van der Waals surface area contributed by atoms with Crippen LogP contribution in [0.25, 0.3) is 0 Å². The first-order valence-corrected chi connectivity index (χ1v) is 11.5.